The third-order valence-electron chi connectivity index (χ3n) is 1.95. The first-order valence-corrected chi connectivity index (χ1v) is 4.64. The van der Waals surface area contributed by atoms with Crippen LogP contribution in [0.2, 0.25) is 0 Å². The van der Waals surface area contributed by atoms with Crippen molar-refractivity contribution in [3.63, 3.8) is 0 Å². The number of hydrogen-bond donors (Lipinski definition) is 1. The van der Waals surface area contributed by atoms with Gasteiger partial charge in [0.1, 0.15) is 5.69 Å². The van der Waals surface area contributed by atoms with Crippen LogP contribution in [-0.2, 0) is 6.54 Å². The van der Waals surface area contributed by atoms with Crippen LogP contribution in [0.1, 0.15) is 16.1 Å². The van der Waals surface area contributed by atoms with Gasteiger partial charge in [0.25, 0.3) is 6.43 Å². The number of halogens is 2. The molecule has 0 bridgehead atoms. The van der Waals surface area contributed by atoms with E-state index in [1.165, 1.54) is 17.2 Å². The average molecular weight is 230 g/mol. The van der Waals surface area contributed by atoms with E-state index in [9.17, 15) is 13.6 Å². The lowest BCUT2D eigenvalue weighted by atomic mass is 10.2. The maximum Gasteiger partial charge on any atom is 0.354 e. The molecule has 1 aromatic rings. The highest BCUT2D eigenvalue weighted by molar-refractivity contribution is 5.85. The molecule has 0 amide bonds. The van der Waals surface area contributed by atoms with Crippen LogP contribution >= 0.6 is 0 Å². The standard InChI is InChI=1S/C10H12F2N2O2/c1-14(6-9(11)12)5-7-2-3-13-8(4-7)10(15)16/h2-4,9H,5-6H2,1H3,(H,15,16). The van der Waals surface area contributed by atoms with Crippen LogP contribution in [0.4, 0.5) is 8.78 Å². The number of rotatable bonds is 5. The summed E-state index contributed by atoms with van der Waals surface area (Å²) in [6, 6.07) is 2.98. The normalized spacial score (nSPS) is 11.1. The van der Waals surface area contributed by atoms with Gasteiger partial charge in [-0.15, -0.1) is 0 Å². The number of aromatic carboxylic acids is 1. The van der Waals surface area contributed by atoms with Crippen molar-refractivity contribution in [2.24, 2.45) is 0 Å². The van der Waals surface area contributed by atoms with E-state index in [0.717, 1.165) is 0 Å². The van der Waals surface area contributed by atoms with Crippen molar-refractivity contribution in [2.45, 2.75) is 13.0 Å². The van der Waals surface area contributed by atoms with Gasteiger partial charge in [-0.25, -0.2) is 18.6 Å². The Hall–Kier alpha value is -1.56. The summed E-state index contributed by atoms with van der Waals surface area (Å²) in [5.74, 6) is -1.13. The fourth-order valence-corrected chi connectivity index (χ4v) is 1.30. The van der Waals surface area contributed by atoms with Gasteiger partial charge in [0.15, 0.2) is 0 Å². The van der Waals surface area contributed by atoms with E-state index in [0.29, 0.717) is 5.56 Å². The Bertz CT molecular complexity index is 372. The van der Waals surface area contributed by atoms with Gasteiger partial charge < -0.3 is 5.11 Å². The van der Waals surface area contributed by atoms with Gasteiger partial charge in [0, 0.05) is 12.7 Å². The highest BCUT2D eigenvalue weighted by Gasteiger charge is 2.10. The molecule has 0 aliphatic heterocycles. The Morgan fingerprint density at radius 2 is 2.31 bits per heavy atom. The number of carboxylic acid groups (broad SMARTS) is 1. The lowest BCUT2D eigenvalue weighted by Gasteiger charge is -2.15. The first-order chi connectivity index (χ1) is 7.49. The molecule has 0 aromatic carbocycles. The van der Waals surface area contributed by atoms with E-state index in [4.69, 9.17) is 5.11 Å². The van der Waals surface area contributed by atoms with Crippen LogP contribution in [0.25, 0.3) is 0 Å². The number of carboxylic acids is 1. The third kappa shape index (κ3) is 3.90. The van der Waals surface area contributed by atoms with Gasteiger partial charge in [-0.05, 0) is 24.7 Å². The molecule has 1 aromatic heterocycles. The second kappa shape index (κ2) is 5.50. The Labute approximate surface area is 91.5 Å². The highest BCUT2D eigenvalue weighted by atomic mass is 19.3. The lowest BCUT2D eigenvalue weighted by molar-refractivity contribution is 0.0689. The zero-order valence-corrected chi connectivity index (χ0v) is 8.73. The van der Waals surface area contributed by atoms with Crippen molar-refractivity contribution in [1.82, 2.24) is 9.88 Å². The number of alkyl halides is 2. The second-order valence-electron chi connectivity index (χ2n) is 3.44. The van der Waals surface area contributed by atoms with E-state index in [1.807, 2.05) is 0 Å². The lowest BCUT2D eigenvalue weighted by Crippen LogP contribution is -2.24. The predicted octanol–water partition coefficient (Wildman–Crippen LogP) is 1.48. The monoisotopic (exact) mass is 230 g/mol. The Balaban J connectivity index is 2.66. The van der Waals surface area contributed by atoms with Gasteiger partial charge in [-0.1, -0.05) is 0 Å². The molecule has 1 N–H and O–H groups in total. The second-order valence-corrected chi connectivity index (χ2v) is 3.44. The molecule has 88 valence electrons. The smallest absolute Gasteiger partial charge is 0.354 e. The van der Waals surface area contributed by atoms with Gasteiger partial charge in [0.05, 0.1) is 6.54 Å². The molecule has 16 heavy (non-hydrogen) atoms. The summed E-state index contributed by atoms with van der Waals surface area (Å²) >= 11 is 0. The van der Waals surface area contributed by atoms with Crippen molar-refractivity contribution in [2.75, 3.05) is 13.6 Å². The molecule has 0 spiro atoms. The van der Waals surface area contributed by atoms with Gasteiger partial charge in [0.2, 0.25) is 0 Å². The van der Waals surface area contributed by atoms with Crippen LogP contribution in [0, 0.1) is 0 Å². The van der Waals surface area contributed by atoms with Crippen LogP contribution in [0.5, 0.6) is 0 Å². The summed E-state index contributed by atoms with van der Waals surface area (Å²) in [5, 5.41) is 8.69. The maximum absolute atomic E-state index is 12.0. The van der Waals surface area contributed by atoms with Crippen molar-refractivity contribution < 1.29 is 18.7 Å². The highest BCUT2D eigenvalue weighted by Crippen LogP contribution is 2.06. The van der Waals surface area contributed by atoms with Crippen molar-refractivity contribution in [3.8, 4) is 0 Å². The molecule has 0 saturated heterocycles. The molecular weight excluding hydrogens is 218 g/mol. The fourth-order valence-electron chi connectivity index (χ4n) is 1.30. The number of nitrogens with zero attached hydrogens (tertiary/aromatic N) is 2. The Kier molecular flexibility index (Phi) is 4.30. The SMILES string of the molecule is CN(Cc1ccnc(C(=O)O)c1)CC(F)F. The largest absolute Gasteiger partial charge is 0.477 e. The molecule has 6 heteroatoms. The van der Waals surface area contributed by atoms with Crippen molar-refractivity contribution >= 4 is 5.97 Å². The summed E-state index contributed by atoms with van der Waals surface area (Å²) in [6.45, 7) is -0.0716. The van der Waals surface area contributed by atoms with E-state index >= 15 is 0 Å². The minimum atomic E-state index is -2.40. The van der Waals surface area contributed by atoms with E-state index in [1.54, 1.807) is 13.1 Å². The number of hydrogen-bond acceptors (Lipinski definition) is 3. The minimum Gasteiger partial charge on any atom is -0.477 e. The van der Waals surface area contributed by atoms with Crippen LogP contribution in [0.3, 0.4) is 0 Å². The average Bonchev–Trinajstić information content (AvgIpc) is 2.16. The molecule has 1 heterocycles. The number of carbonyl (C=O) groups is 1. The van der Waals surface area contributed by atoms with Crippen LogP contribution in [-0.4, -0.2) is 41.0 Å². The topological polar surface area (TPSA) is 53.4 Å². The summed E-state index contributed by atoms with van der Waals surface area (Å²) < 4.78 is 24.1. The molecule has 0 aliphatic rings. The van der Waals surface area contributed by atoms with E-state index in [-0.39, 0.29) is 18.8 Å². The van der Waals surface area contributed by atoms with Crippen molar-refractivity contribution in [1.29, 1.82) is 0 Å². The van der Waals surface area contributed by atoms with Gasteiger partial charge in [-0.2, -0.15) is 0 Å². The molecular formula is C10H12F2N2O2. The maximum atomic E-state index is 12.0. The zero-order valence-electron chi connectivity index (χ0n) is 8.73. The van der Waals surface area contributed by atoms with Crippen molar-refractivity contribution in [3.05, 3.63) is 29.6 Å². The van der Waals surface area contributed by atoms with Crippen LogP contribution < -0.4 is 0 Å². The van der Waals surface area contributed by atoms with E-state index < -0.39 is 12.4 Å². The molecule has 1 rings (SSSR count). The molecule has 0 aliphatic carbocycles. The first-order valence-electron chi connectivity index (χ1n) is 4.64. The number of aromatic nitrogens is 1. The summed E-state index contributed by atoms with van der Waals surface area (Å²) in [7, 11) is 1.55. The van der Waals surface area contributed by atoms with Gasteiger partial charge >= 0.3 is 5.97 Å². The van der Waals surface area contributed by atoms with Gasteiger partial charge in [-0.3, -0.25) is 4.90 Å². The quantitative estimate of drug-likeness (QED) is 0.832. The zero-order chi connectivity index (χ0) is 12.1. The van der Waals surface area contributed by atoms with E-state index in [2.05, 4.69) is 4.98 Å². The molecule has 0 radical (unpaired) electrons. The fraction of sp³-hybridized carbons (Fsp3) is 0.400. The Morgan fingerprint density at radius 3 is 2.88 bits per heavy atom. The molecule has 0 unspecified atom stereocenters. The van der Waals surface area contributed by atoms with Crippen LogP contribution in [0.15, 0.2) is 18.3 Å². The number of pyridine rings is 1. The molecule has 0 atom stereocenters. The predicted molar refractivity (Wildman–Crippen MR) is 53.5 cm³/mol. The molecule has 0 fully saturated rings. The summed E-state index contributed by atoms with van der Waals surface area (Å²) in [6.07, 6.45) is -1.04. The minimum absolute atomic E-state index is 0.0806. The molecule has 0 saturated carbocycles. The Morgan fingerprint density at radius 1 is 1.62 bits per heavy atom. The summed E-state index contributed by atoms with van der Waals surface area (Å²) in [5.41, 5.74) is 0.568. The summed E-state index contributed by atoms with van der Waals surface area (Å²) in [4.78, 5) is 15.7. The first kappa shape index (κ1) is 12.5. The third-order valence-corrected chi connectivity index (χ3v) is 1.95. The molecule has 4 nitrogen and oxygen atoms in total.